The summed E-state index contributed by atoms with van der Waals surface area (Å²) in [7, 11) is 0. The first-order valence-corrected chi connectivity index (χ1v) is 5.53. The molecule has 0 atom stereocenters. The lowest BCUT2D eigenvalue weighted by molar-refractivity contribution is 0.0566. The Labute approximate surface area is 111 Å². The summed E-state index contributed by atoms with van der Waals surface area (Å²) in [5, 5.41) is 26.3. The molecule has 6 nitrogen and oxygen atoms in total. The molecule has 0 aliphatic heterocycles. The lowest BCUT2D eigenvalue weighted by atomic mass is 10.1. The molecular formula is C12H7F2N5O. The van der Waals surface area contributed by atoms with Gasteiger partial charge < -0.3 is 5.11 Å². The van der Waals surface area contributed by atoms with Gasteiger partial charge in [-0.15, -0.1) is 0 Å². The van der Waals surface area contributed by atoms with Crippen LogP contribution in [0.3, 0.4) is 0 Å². The van der Waals surface area contributed by atoms with Crippen molar-refractivity contribution in [3.8, 4) is 22.9 Å². The fraction of sp³-hybridized carbons (Fsp3) is 0.0833. The Morgan fingerprint density at radius 1 is 1.20 bits per heavy atom. The van der Waals surface area contributed by atoms with Crippen LogP contribution in [-0.2, 0) is 0 Å². The maximum atomic E-state index is 12.5. The Morgan fingerprint density at radius 2 is 2.00 bits per heavy atom. The molecule has 0 bridgehead atoms. The molecule has 0 fully saturated rings. The molecule has 0 aromatic carbocycles. The quantitative estimate of drug-likeness (QED) is 0.777. The summed E-state index contributed by atoms with van der Waals surface area (Å²) in [6.45, 7) is -2.73. The molecule has 3 rings (SSSR count). The molecule has 3 aromatic heterocycles. The lowest BCUT2D eigenvalue weighted by Crippen LogP contribution is -1.96. The Hall–Kier alpha value is -2.95. The molecular weight excluding hydrogens is 268 g/mol. The second kappa shape index (κ2) is 4.31. The Bertz CT molecular complexity index is 830. The Balaban J connectivity index is 2.15. The minimum absolute atomic E-state index is 0.152. The highest BCUT2D eigenvalue weighted by molar-refractivity contribution is 5.74. The molecule has 0 unspecified atom stereocenters. The van der Waals surface area contributed by atoms with Gasteiger partial charge in [0, 0.05) is 23.5 Å². The van der Waals surface area contributed by atoms with Crippen LogP contribution in [0.5, 0.6) is 5.75 Å². The number of aromatic hydroxyl groups is 1. The van der Waals surface area contributed by atoms with E-state index in [0.717, 1.165) is 0 Å². The first-order valence-electron chi connectivity index (χ1n) is 5.53. The van der Waals surface area contributed by atoms with Gasteiger partial charge in [0.2, 0.25) is 0 Å². The molecule has 100 valence electrons. The van der Waals surface area contributed by atoms with Crippen LogP contribution >= 0.6 is 0 Å². The second-order valence-corrected chi connectivity index (χ2v) is 4.06. The van der Waals surface area contributed by atoms with E-state index in [4.69, 9.17) is 5.26 Å². The van der Waals surface area contributed by atoms with E-state index in [2.05, 4.69) is 10.2 Å². The van der Waals surface area contributed by atoms with Gasteiger partial charge in [-0.2, -0.15) is 24.2 Å². The molecule has 0 spiro atoms. The number of nitriles is 1. The van der Waals surface area contributed by atoms with Gasteiger partial charge in [-0.3, -0.25) is 0 Å². The maximum Gasteiger partial charge on any atom is 0.333 e. The molecule has 8 heteroatoms. The normalized spacial score (nSPS) is 11.1. The van der Waals surface area contributed by atoms with E-state index in [-0.39, 0.29) is 16.8 Å². The zero-order valence-electron chi connectivity index (χ0n) is 9.90. The average Bonchev–Trinajstić information content (AvgIpc) is 3.05. The third kappa shape index (κ3) is 1.76. The van der Waals surface area contributed by atoms with E-state index in [1.165, 1.54) is 35.4 Å². The predicted octanol–water partition coefficient (Wildman–Crippen LogP) is 2.17. The van der Waals surface area contributed by atoms with Crippen molar-refractivity contribution in [2.75, 3.05) is 0 Å². The van der Waals surface area contributed by atoms with Crippen molar-refractivity contribution in [2.45, 2.75) is 6.55 Å². The Kier molecular flexibility index (Phi) is 2.61. The fourth-order valence-electron chi connectivity index (χ4n) is 1.93. The second-order valence-electron chi connectivity index (χ2n) is 4.06. The lowest BCUT2D eigenvalue weighted by Gasteiger charge is -2.02. The molecule has 3 aromatic rings. The highest BCUT2D eigenvalue weighted by Crippen LogP contribution is 2.29. The molecule has 1 N–H and O–H groups in total. The zero-order valence-corrected chi connectivity index (χ0v) is 9.90. The number of hydrogen-bond donors (Lipinski definition) is 1. The van der Waals surface area contributed by atoms with Gasteiger partial charge >= 0.3 is 6.55 Å². The van der Waals surface area contributed by atoms with Crippen LogP contribution in [0, 0.1) is 11.3 Å². The number of alkyl halides is 2. The topological polar surface area (TPSA) is 79.1 Å². The predicted molar refractivity (Wildman–Crippen MR) is 64.0 cm³/mol. The molecule has 0 aliphatic carbocycles. The molecule has 3 heterocycles. The third-order valence-electron chi connectivity index (χ3n) is 2.85. The van der Waals surface area contributed by atoms with Gasteiger partial charge in [-0.25, -0.2) is 9.20 Å². The summed E-state index contributed by atoms with van der Waals surface area (Å²) < 4.78 is 26.8. The van der Waals surface area contributed by atoms with Crippen molar-refractivity contribution < 1.29 is 13.9 Å². The van der Waals surface area contributed by atoms with Crippen LogP contribution < -0.4 is 0 Å². The van der Waals surface area contributed by atoms with E-state index in [9.17, 15) is 13.9 Å². The molecule has 0 saturated carbocycles. The molecule has 0 saturated heterocycles. The number of halogens is 2. The first kappa shape index (κ1) is 12.1. The Morgan fingerprint density at radius 3 is 2.65 bits per heavy atom. The van der Waals surface area contributed by atoms with Crippen molar-refractivity contribution in [3.05, 3.63) is 36.4 Å². The fourth-order valence-corrected chi connectivity index (χ4v) is 1.93. The van der Waals surface area contributed by atoms with Crippen molar-refractivity contribution in [2.24, 2.45) is 0 Å². The summed E-state index contributed by atoms with van der Waals surface area (Å²) in [6, 6.07) is 3.29. The van der Waals surface area contributed by atoms with Crippen LogP contribution in [0.4, 0.5) is 8.78 Å². The summed E-state index contributed by atoms with van der Waals surface area (Å²) in [5.74, 6) is -0.152. The van der Waals surface area contributed by atoms with Gasteiger partial charge in [0.05, 0.1) is 12.4 Å². The van der Waals surface area contributed by atoms with E-state index in [1.807, 2.05) is 6.07 Å². The summed E-state index contributed by atoms with van der Waals surface area (Å²) in [6.07, 6.45) is 5.28. The highest BCUT2D eigenvalue weighted by Gasteiger charge is 2.13. The van der Waals surface area contributed by atoms with Gasteiger partial charge in [0.1, 0.15) is 22.9 Å². The molecule has 0 radical (unpaired) electrons. The summed E-state index contributed by atoms with van der Waals surface area (Å²) >= 11 is 0. The van der Waals surface area contributed by atoms with Crippen LogP contribution in [0.15, 0.2) is 30.9 Å². The average molecular weight is 275 g/mol. The largest absolute Gasteiger partial charge is 0.506 e. The van der Waals surface area contributed by atoms with Crippen LogP contribution in [0.2, 0.25) is 0 Å². The number of aromatic nitrogens is 4. The van der Waals surface area contributed by atoms with Gasteiger partial charge in [0.25, 0.3) is 0 Å². The van der Waals surface area contributed by atoms with E-state index in [0.29, 0.717) is 15.8 Å². The molecule has 0 aliphatic rings. The number of fused-ring (bicyclic) bond motifs is 1. The van der Waals surface area contributed by atoms with Crippen molar-refractivity contribution in [3.63, 3.8) is 0 Å². The summed E-state index contributed by atoms with van der Waals surface area (Å²) in [4.78, 5) is 0. The van der Waals surface area contributed by atoms with E-state index in [1.54, 1.807) is 0 Å². The standard InChI is InChI=1S/C12H7F2N5O/c13-12(14)19-6-9(4-17-19)7-1-10(20)11-8(2-15)3-16-18(11)5-7/h1,3-6,12,20H. The van der Waals surface area contributed by atoms with Crippen LogP contribution in [-0.4, -0.2) is 24.5 Å². The molecule has 0 amide bonds. The summed E-state index contributed by atoms with van der Waals surface area (Å²) in [5.41, 5.74) is 1.39. The van der Waals surface area contributed by atoms with Crippen LogP contribution in [0.25, 0.3) is 16.6 Å². The minimum Gasteiger partial charge on any atom is -0.506 e. The van der Waals surface area contributed by atoms with Crippen molar-refractivity contribution in [1.82, 2.24) is 19.4 Å². The van der Waals surface area contributed by atoms with E-state index < -0.39 is 6.55 Å². The van der Waals surface area contributed by atoms with Crippen molar-refractivity contribution in [1.29, 1.82) is 5.26 Å². The highest BCUT2D eigenvalue weighted by atomic mass is 19.3. The smallest absolute Gasteiger partial charge is 0.333 e. The van der Waals surface area contributed by atoms with E-state index >= 15 is 0 Å². The number of rotatable bonds is 2. The molecule has 20 heavy (non-hydrogen) atoms. The monoisotopic (exact) mass is 275 g/mol. The van der Waals surface area contributed by atoms with Gasteiger partial charge in [-0.1, -0.05) is 0 Å². The minimum atomic E-state index is -2.73. The van der Waals surface area contributed by atoms with Gasteiger partial charge in [0.15, 0.2) is 0 Å². The number of pyridine rings is 1. The third-order valence-corrected chi connectivity index (χ3v) is 2.85. The van der Waals surface area contributed by atoms with Crippen LogP contribution in [0.1, 0.15) is 12.1 Å². The number of nitrogens with zero attached hydrogens (tertiary/aromatic N) is 5. The zero-order chi connectivity index (χ0) is 14.3. The maximum absolute atomic E-state index is 12.5. The first-order chi connectivity index (χ1) is 9.60. The number of hydrogen-bond acceptors (Lipinski definition) is 4. The van der Waals surface area contributed by atoms with Crippen molar-refractivity contribution >= 4 is 5.52 Å². The van der Waals surface area contributed by atoms with Gasteiger partial charge in [-0.05, 0) is 6.07 Å². The SMILES string of the molecule is N#Cc1cnn2cc(-c3cnn(C(F)F)c3)cc(O)c12.